The number of hydrogen-bond acceptors (Lipinski definition) is 4. The second-order valence-electron chi connectivity index (χ2n) is 6.58. The van der Waals surface area contributed by atoms with Gasteiger partial charge in [-0.2, -0.15) is 0 Å². The van der Waals surface area contributed by atoms with E-state index in [-0.39, 0.29) is 17.8 Å². The Hall–Kier alpha value is -1.80. The van der Waals surface area contributed by atoms with Gasteiger partial charge in [0.15, 0.2) is 0 Å². The summed E-state index contributed by atoms with van der Waals surface area (Å²) in [4.78, 5) is 12.2. The van der Waals surface area contributed by atoms with Gasteiger partial charge >= 0.3 is 6.03 Å². The number of anilines is 2. The van der Waals surface area contributed by atoms with E-state index in [0.29, 0.717) is 37.6 Å². The van der Waals surface area contributed by atoms with Gasteiger partial charge in [0, 0.05) is 31.5 Å². The summed E-state index contributed by atoms with van der Waals surface area (Å²) in [6, 6.07) is 5.20. The van der Waals surface area contributed by atoms with Crippen LogP contribution in [0.4, 0.5) is 16.2 Å². The van der Waals surface area contributed by atoms with Gasteiger partial charge in [-0.05, 0) is 50.3 Å². The molecule has 2 fully saturated rings. The zero-order chi connectivity index (χ0) is 17.9. The van der Waals surface area contributed by atoms with Crippen molar-refractivity contribution in [1.82, 2.24) is 5.32 Å². The number of benzene rings is 1. The molecule has 2 aliphatic heterocycles. The minimum Gasteiger partial charge on any atom is -0.381 e. The topological polar surface area (TPSA) is 87.7 Å². The van der Waals surface area contributed by atoms with E-state index in [1.165, 1.54) is 4.31 Å². The van der Waals surface area contributed by atoms with Crippen molar-refractivity contribution < 1.29 is 17.9 Å². The zero-order valence-electron chi connectivity index (χ0n) is 14.5. The zero-order valence-corrected chi connectivity index (χ0v) is 15.3. The van der Waals surface area contributed by atoms with E-state index >= 15 is 0 Å². The summed E-state index contributed by atoms with van der Waals surface area (Å²) in [5.41, 5.74) is 2.11. The lowest BCUT2D eigenvalue weighted by atomic mass is 10.1. The molecule has 0 spiro atoms. The summed E-state index contributed by atoms with van der Waals surface area (Å²) >= 11 is 0. The molecule has 8 heteroatoms. The maximum Gasteiger partial charge on any atom is 0.319 e. The number of urea groups is 1. The fourth-order valence-corrected chi connectivity index (χ4v) is 4.90. The summed E-state index contributed by atoms with van der Waals surface area (Å²) in [7, 11) is -3.28. The van der Waals surface area contributed by atoms with Crippen molar-refractivity contribution >= 4 is 27.4 Å². The third-order valence-corrected chi connectivity index (χ3v) is 6.50. The van der Waals surface area contributed by atoms with Crippen molar-refractivity contribution in [3.8, 4) is 0 Å². The molecule has 0 radical (unpaired) electrons. The number of hydrogen-bond donors (Lipinski definition) is 2. The predicted octanol–water partition coefficient (Wildman–Crippen LogP) is 2.23. The number of aryl methyl sites for hydroxylation is 1. The Balaban J connectivity index is 1.71. The molecule has 0 atom stereocenters. The highest BCUT2D eigenvalue weighted by atomic mass is 32.2. The molecule has 7 nitrogen and oxygen atoms in total. The van der Waals surface area contributed by atoms with Crippen molar-refractivity contribution in [2.75, 3.05) is 35.1 Å². The van der Waals surface area contributed by atoms with Crippen LogP contribution in [0.3, 0.4) is 0 Å². The minimum absolute atomic E-state index is 0.112. The molecule has 25 heavy (non-hydrogen) atoms. The summed E-state index contributed by atoms with van der Waals surface area (Å²) in [5, 5.41) is 5.75. The van der Waals surface area contributed by atoms with E-state index < -0.39 is 10.0 Å². The highest BCUT2D eigenvalue weighted by Crippen LogP contribution is 2.29. The van der Waals surface area contributed by atoms with Crippen molar-refractivity contribution in [2.24, 2.45) is 0 Å². The van der Waals surface area contributed by atoms with E-state index in [9.17, 15) is 13.2 Å². The SMILES string of the molecule is Cc1ccc(NC(=O)NC2CCOCC2)cc1N1CCCCS1(=O)=O. The van der Waals surface area contributed by atoms with Crippen LogP contribution in [0.1, 0.15) is 31.2 Å². The van der Waals surface area contributed by atoms with E-state index in [1.54, 1.807) is 12.1 Å². The van der Waals surface area contributed by atoms with Crippen LogP contribution in [0.5, 0.6) is 0 Å². The second-order valence-corrected chi connectivity index (χ2v) is 8.59. The first-order valence-electron chi connectivity index (χ1n) is 8.72. The summed E-state index contributed by atoms with van der Waals surface area (Å²) in [6.45, 7) is 3.69. The Morgan fingerprint density at radius 2 is 2.00 bits per heavy atom. The van der Waals surface area contributed by atoms with Crippen LogP contribution < -0.4 is 14.9 Å². The van der Waals surface area contributed by atoms with Crippen LogP contribution in [0.2, 0.25) is 0 Å². The second kappa shape index (κ2) is 7.61. The molecule has 138 valence electrons. The lowest BCUT2D eigenvalue weighted by molar-refractivity contribution is 0.0806. The van der Waals surface area contributed by atoms with Crippen LogP contribution >= 0.6 is 0 Å². The van der Waals surface area contributed by atoms with Crippen molar-refractivity contribution in [2.45, 2.75) is 38.6 Å². The van der Waals surface area contributed by atoms with Gasteiger partial charge in [-0.3, -0.25) is 4.31 Å². The van der Waals surface area contributed by atoms with Crippen molar-refractivity contribution in [3.05, 3.63) is 23.8 Å². The van der Waals surface area contributed by atoms with Gasteiger partial charge < -0.3 is 15.4 Å². The Labute approximate surface area is 148 Å². The maximum absolute atomic E-state index is 12.3. The first-order chi connectivity index (χ1) is 12.0. The van der Waals surface area contributed by atoms with Crippen LogP contribution in [-0.2, 0) is 14.8 Å². The molecule has 2 amide bonds. The molecule has 1 aromatic rings. The van der Waals surface area contributed by atoms with E-state index in [4.69, 9.17) is 4.74 Å². The van der Waals surface area contributed by atoms with Gasteiger partial charge in [-0.15, -0.1) is 0 Å². The number of carbonyl (C=O) groups is 1. The average Bonchev–Trinajstić information content (AvgIpc) is 2.57. The molecule has 2 aliphatic rings. The number of carbonyl (C=O) groups excluding carboxylic acids is 1. The standard InChI is InChI=1S/C17H25N3O4S/c1-13-4-5-15(19-17(21)18-14-6-9-24-10-7-14)12-16(13)20-8-2-3-11-25(20,22)23/h4-5,12,14H,2-3,6-11H2,1H3,(H2,18,19,21). The lowest BCUT2D eigenvalue weighted by Crippen LogP contribution is -2.41. The monoisotopic (exact) mass is 367 g/mol. The quantitative estimate of drug-likeness (QED) is 0.857. The van der Waals surface area contributed by atoms with E-state index in [0.717, 1.165) is 24.8 Å². The molecule has 2 saturated heterocycles. The molecular weight excluding hydrogens is 342 g/mol. The van der Waals surface area contributed by atoms with Crippen LogP contribution in [-0.4, -0.2) is 46.0 Å². The largest absolute Gasteiger partial charge is 0.381 e. The van der Waals surface area contributed by atoms with Gasteiger partial charge in [0.2, 0.25) is 10.0 Å². The molecule has 0 bridgehead atoms. The van der Waals surface area contributed by atoms with E-state index in [1.807, 2.05) is 13.0 Å². The van der Waals surface area contributed by atoms with Gasteiger partial charge in [0.1, 0.15) is 0 Å². The number of rotatable bonds is 3. The average molecular weight is 367 g/mol. The molecule has 1 aromatic carbocycles. The molecule has 2 heterocycles. The number of amides is 2. The van der Waals surface area contributed by atoms with Gasteiger partial charge in [-0.25, -0.2) is 13.2 Å². The molecule has 0 unspecified atom stereocenters. The third-order valence-electron chi connectivity index (χ3n) is 4.64. The predicted molar refractivity (Wildman–Crippen MR) is 97.5 cm³/mol. The van der Waals surface area contributed by atoms with Crippen LogP contribution in [0.25, 0.3) is 0 Å². The summed E-state index contributed by atoms with van der Waals surface area (Å²) in [6.07, 6.45) is 3.15. The number of sulfonamides is 1. The van der Waals surface area contributed by atoms with E-state index in [2.05, 4.69) is 10.6 Å². The Morgan fingerprint density at radius 3 is 2.72 bits per heavy atom. The van der Waals surface area contributed by atoms with Gasteiger partial charge in [0.05, 0.1) is 11.4 Å². The smallest absolute Gasteiger partial charge is 0.319 e. The normalized spacial score (nSPS) is 20.9. The Kier molecular flexibility index (Phi) is 5.48. The highest BCUT2D eigenvalue weighted by molar-refractivity contribution is 7.92. The minimum atomic E-state index is -3.28. The number of ether oxygens (including phenoxy) is 1. The fraction of sp³-hybridized carbons (Fsp3) is 0.588. The van der Waals surface area contributed by atoms with Gasteiger partial charge in [-0.1, -0.05) is 6.07 Å². The molecular formula is C17H25N3O4S. The molecule has 2 N–H and O–H groups in total. The lowest BCUT2D eigenvalue weighted by Gasteiger charge is -2.30. The summed E-state index contributed by atoms with van der Waals surface area (Å²) < 4.78 is 31.4. The molecule has 0 aliphatic carbocycles. The van der Waals surface area contributed by atoms with Crippen LogP contribution in [0.15, 0.2) is 18.2 Å². The van der Waals surface area contributed by atoms with Crippen molar-refractivity contribution in [1.29, 1.82) is 0 Å². The maximum atomic E-state index is 12.3. The number of nitrogens with one attached hydrogen (secondary N) is 2. The Bertz CT molecular complexity index is 729. The summed E-state index contributed by atoms with van der Waals surface area (Å²) in [5.74, 6) is 0.175. The Morgan fingerprint density at radius 1 is 1.24 bits per heavy atom. The van der Waals surface area contributed by atoms with Crippen molar-refractivity contribution in [3.63, 3.8) is 0 Å². The highest BCUT2D eigenvalue weighted by Gasteiger charge is 2.27. The third kappa shape index (κ3) is 4.43. The number of nitrogens with zero attached hydrogens (tertiary/aromatic N) is 1. The first kappa shape index (κ1) is 18.0. The fourth-order valence-electron chi connectivity index (χ4n) is 3.21. The van der Waals surface area contributed by atoms with Gasteiger partial charge in [0.25, 0.3) is 0 Å². The molecule has 0 saturated carbocycles. The molecule has 0 aromatic heterocycles. The molecule has 3 rings (SSSR count). The van der Waals surface area contributed by atoms with Crippen LogP contribution in [0, 0.1) is 6.92 Å². The first-order valence-corrected chi connectivity index (χ1v) is 10.3.